The van der Waals surface area contributed by atoms with Crippen molar-refractivity contribution in [3.05, 3.63) is 66.9 Å². The third-order valence-electron chi connectivity index (χ3n) is 4.23. The van der Waals surface area contributed by atoms with E-state index in [0.717, 1.165) is 37.4 Å². The predicted octanol–water partition coefficient (Wildman–Crippen LogP) is 3.79. The number of ether oxygens (including phenoxy) is 1. The number of hydrogen-bond donors (Lipinski definition) is 0. The lowest BCUT2D eigenvalue weighted by atomic mass is 10.0. The highest BCUT2D eigenvalue weighted by atomic mass is 16.5. The van der Waals surface area contributed by atoms with Gasteiger partial charge in [-0.2, -0.15) is 4.98 Å². The largest absolute Gasteiger partial charge is 0.439 e. The van der Waals surface area contributed by atoms with Crippen LogP contribution in [0, 0.1) is 0 Å². The molecule has 0 radical (unpaired) electrons. The van der Waals surface area contributed by atoms with Gasteiger partial charge in [0.25, 0.3) is 0 Å². The van der Waals surface area contributed by atoms with Crippen molar-refractivity contribution in [1.82, 2.24) is 19.9 Å². The highest BCUT2D eigenvalue weighted by Gasteiger charge is 2.28. The third-order valence-corrected chi connectivity index (χ3v) is 4.23. The first-order valence-electron chi connectivity index (χ1n) is 8.50. The molecule has 3 aromatic rings. The third kappa shape index (κ3) is 3.57. The molecule has 1 unspecified atom stereocenters. The molecule has 1 aliphatic rings. The fraction of sp³-hybridized carbons (Fsp3) is 0.263. The lowest BCUT2D eigenvalue weighted by molar-refractivity contribution is 0.436. The van der Waals surface area contributed by atoms with Crippen LogP contribution < -0.4 is 9.64 Å². The van der Waals surface area contributed by atoms with Crippen LogP contribution in [0.2, 0.25) is 0 Å². The van der Waals surface area contributed by atoms with Gasteiger partial charge in [0, 0.05) is 31.2 Å². The van der Waals surface area contributed by atoms with Crippen LogP contribution in [0.4, 0.5) is 5.95 Å². The minimum atomic E-state index is 0.0990. The number of rotatable bonds is 4. The average Bonchev–Trinajstić information content (AvgIpc) is 2.70. The quantitative estimate of drug-likeness (QED) is 0.724. The SMILES string of the molecule is c1ccc(Oc2ccnc(N3CCCCC3c3ncccn3)n2)cc1. The van der Waals surface area contributed by atoms with Crippen LogP contribution in [0.25, 0.3) is 0 Å². The number of anilines is 1. The molecule has 0 amide bonds. The molecule has 3 heterocycles. The van der Waals surface area contributed by atoms with E-state index in [1.165, 1.54) is 0 Å². The Morgan fingerprint density at radius 3 is 2.56 bits per heavy atom. The van der Waals surface area contributed by atoms with E-state index >= 15 is 0 Å². The molecule has 1 atom stereocenters. The first kappa shape index (κ1) is 15.5. The fourth-order valence-electron chi connectivity index (χ4n) is 3.06. The van der Waals surface area contributed by atoms with Gasteiger partial charge in [0.1, 0.15) is 5.75 Å². The molecule has 126 valence electrons. The molecule has 0 aliphatic carbocycles. The second-order valence-electron chi connectivity index (χ2n) is 5.92. The molecule has 2 aromatic heterocycles. The Hall–Kier alpha value is -3.02. The molecule has 6 nitrogen and oxygen atoms in total. The zero-order chi connectivity index (χ0) is 16.9. The molecule has 0 bridgehead atoms. The summed E-state index contributed by atoms with van der Waals surface area (Å²) in [6.07, 6.45) is 8.56. The van der Waals surface area contributed by atoms with Crippen LogP contribution in [0.1, 0.15) is 31.1 Å². The van der Waals surface area contributed by atoms with Crippen molar-refractivity contribution in [2.45, 2.75) is 25.3 Å². The molecule has 0 saturated carbocycles. The van der Waals surface area contributed by atoms with Gasteiger partial charge in [0.15, 0.2) is 5.82 Å². The van der Waals surface area contributed by atoms with E-state index in [2.05, 4.69) is 24.8 Å². The summed E-state index contributed by atoms with van der Waals surface area (Å²) in [5.41, 5.74) is 0. The van der Waals surface area contributed by atoms with Crippen LogP contribution in [0.3, 0.4) is 0 Å². The zero-order valence-electron chi connectivity index (χ0n) is 13.8. The molecule has 1 saturated heterocycles. The second kappa shape index (κ2) is 7.25. The summed E-state index contributed by atoms with van der Waals surface area (Å²) in [7, 11) is 0. The molecule has 1 aromatic carbocycles. The van der Waals surface area contributed by atoms with Crippen LogP contribution in [0.15, 0.2) is 61.1 Å². The van der Waals surface area contributed by atoms with Crippen molar-refractivity contribution in [2.75, 3.05) is 11.4 Å². The maximum Gasteiger partial charge on any atom is 0.229 e. The maximum atomic E-state index is 5.84. The molecular formula is C19H19N5O. The number of aromatic nitrogens is 4. The van der Waals surface area contributed by atoms with Crippen LogP contribution >= 0.6 is 0 Å². The number of nitrogens with zero attached hydrogens (tertiary/aromatic N) is 5. The lowest BCUT2D eigenvalue weighted by Gasteiger charge is -2.34. The van der Waals surface area contributed by atoms with E-state index < -0.39 is 0 Å². The summed E-state index contributed by atoms with van der Waals surface area (Å²) >= 11 is 0. The summed E-state index contributed by atoms with van der Waals surface area (Å²) < 4.78 is 5.84. The average molecular weight is 333 g/mol. The van der Waals surface area contributed by atoms with Gasteiger partial charge < -0.3 is 9.64 Å². The number of benzene rings is 1. The Bertz CT molecular complexity index is 812. The fourth-order valence-corrected chi connectivity index (χ4v) is 3.06. The van der Waals surface area contributed by atoms with E-state index in [4.69, 9.17) is 4.74 Å². The first-order valence-corrected chi connectivity index (χ1v) is 8.50. The van der Waals surface area contributed by atoms with Crippen molar-refractivity contribution in [1.29, 1.82) is 0 Å². The Labute approximate surface area is 146 Å². The molecule has 1 fully saturated rings. The Morgan fingerprint density at radius 1 is 0.880 bits per heavy atom. The Kier molecular flexibility index (Phi) is 4.50. The van der Waals surface area contributed by atoms with Gasteiger partial charge in [-0.3, -0.25) is 0 Å². The van der Waals surface area contributed by atoms with E-state index in [1.807, 2.05) is 36.4 Å². The van der Waals surface area contributed by atoms with Crippen molar-refractivity contribution in [3.8, 4) is 11.6 Å². The molecule has 4 rings (SSSR count). The highest BCUT2D eigenvalue weighted by Crippen LogP contribution is 2.32. The zero-order valence-corrected chi connectivity index (χ0v) is 13.8. The van der Waals surface area contributed by atoms with E-state index in [-0.39, 0.29) is 6.04 Å². The van der Waals surface area contributed by atoms with Gasteiger partial charge in [0.05, 0.1) is 6.04 Å². The molecular weight excluding hydrogens is 314 g/mol. The molecule has 1 aliphatic heterocycles. The summed E-state index contributed by atoms with van der Waals surface area (Å²) in [6, 6.07) is 13.3. The van der Waals surface area contributed by atoms with Crippen molar-refractivity contribution >= 4 is 5.95 Å². The van der Waals surface area contributed by atoms with Gasteiger partial charge in [-0.1, -0.05) is 18.2 Å². The number of para-hydroxylation sites is 1. The lowest BCUT2D eigenvalue weighted by Crippen LogP contribution is -2.35. The summed E-state index contributed by atoms with van der Waals surface area (Å²) in [5.74, 6) is 2.77. The van der Waals surface area contributed by atoms with Crippen molar-refractivity contribution in [3.63, 3.8) is 0 Å². The normalized spacial score (nSPS) is 17.3. The van der Waals surface area contributed by atoms with Gasteiger partial charge in [0.2, 0.25) is 11.8 Å². The summed E-state index contributed by atoms with van der Waals surface area (Å²) in [6.45, 7) is 0.887. The molecule has 25 heavy (non-hydrogen) atoms. The smallest absolute Gasteiger partial charge is 0.229 e. The van der Waals surface area contributed by atoms with Crippen LogP contribution in [0.5, 0.6) is 11.6 Å². The van der Waals surface area contributed by atoms with Crippen LogP contribution in [-0.4, -0.2) is 26.5 Å². The Balaban J connectivity index is 1.60. The van der Waals surface area contributed by atoms with Gasteiger partial charge in [-0.15, -0.1) is 0 Å². The van der Waals surface area contributed by atoms with Crippen LogP contribution in [-0.2, 0) is 0 Å². The van der Waals surface area contributed by atoms with Crippen molar-refractivity contribution < 1.29 is 4.74 Å². The minimum absolute atomic E-state index is 0.0990. The molecule has 6 heteroatoms. The van der Waals surface area contributed by atoms with Gasteiger partial charge in [-0.25, -0.2) is 15.0 Å². The van der Waals surface area contributed by atoms with Gasteiger partial charge in [-0.05, 0) is 37.5 Å². The van der Waals surface area contributed by atoms with Crippen molar-refractivity contribution in [2.24, 2.45) is 0 Å². The van der Waals surface area contributed by atoms with Gasteiger partial charge >= 0.3 is 0 Å². The highest BCUT2D eigenvalue weighted by molar-refractivity contribution is 5.37. The second-order valence-corrected chi connectivity index (χ2v) is 5.92. The summed E-state index contributed by atoms with van der Waals surface area (Å²) in [5, 5.41) is 0. The van der Waals surface area contributed by atoms with E-state index in [1.54, 1.807) is 24.7 Å². The predicted molar refractivity (Wildman–Crippen MR) is 94.5 cm³/mol. The first-order chi connectivity index (χ1) is 12.4. The number of hydrogen-bond acceptors (Lipinski definition) is 6. The van der Waals surface area contributed by atoms with E-state index in [0.29, 0.717) is 11.8 Å². The maximum absolute atomic E-state index is 5.84. The monoisotopic (exact) mass is 333 g/mol. The summed E-state index contributed by atoms with van der Waals surface area (Å²) in [4.78, 5) is 20.1. The molecule has 0 spiro atoms. The number of piperidine rings is 1. The Morgan fingerprint density at radius 2 is 1.72 bits per heavy atom. The topological polar surface area (TPSA) is 64.0 Å². The minimum Gasteiger partial charge on any atom is -0.439 e. The standard InChI is InChI=1S/C19H19N5O/c1-2-7-15(8-3-1)25-17-10-13-22-19(23-17)24-14-5-4-9-16(24)18-20-11-6-12-21-18/h1-3,6-8,10-13,16H,4-5,9,14H2. The van der Waals surface area contributed by atoms with E-state index in [9.17, 15) is 0 Å². The molecule has 0 N–H and O–H groups in total.